The number of ether oxygens (including phenoxy) is 1. The quantitative estimate of drug-likeness (QED) is 0.745. The molecule has 1 aliphatic heterocycles. The molecule has 0 spiro atoms. The lowest BCUT2D eigenvalue weighted by Crippen LogP contribution is -2.35. The van der Waals surface area contributed by atoms with Gasteiger partial charge in [-0.2, -0.15) is 0 Å². The van der Waals surface area contributed by atoms with Gasteiger partial charge in [0, 0.05) is 26.2 Å². The van der Waals surface area contributed by atoms with E-state index in [1.165, 1.54) is 17.5 Å². The van der Waals surface area contributed by atoms with Gasteiger partial charge in [-0.3, -0.25) is 4.90 Å². The van der Waals surface area contributed by atoms with Crippen molar-refractivity contribution in [2.75, 3.05) is 31.6 Å². The van der Waals surface area contributed by atoms with Crippen LogP contribution >= 0.6 is 0 Å². The highest BCUT2D eigenvalue weighted by Gasteiger charge is 2.10. The Morgan fingerprint density at radius 2 is 1.83 bits per heavy atom. The minimum atomic E-state index is 0.674. The topological polar surface area (TPSA) is 79.0 Å². The van der Waals surface area contributed by atoms with Crippen LogP contribution in [0.3, 0.4) is 0 Å². The highest BCUT2D eigenvalue weighted by molar-refractivity contribution is 5.81. The minimum absolute atomic E-state index is 0.674. The second kappa shape index (κ2) is 6.94. The molecule has 0 aliphatic carbocycles. The van der Waals surface area contributed by atoms with E-state index >= 15 is 0 Å². The van der Waals surface area contributed by atoms with Crippen LogP contribution < -0.4 is 5.32 Å². The highest BCUT2D eigenvalue weighted by atomic mass is 16.5. The molecule has 3 aromatic rings. The van der Waals surface area contributed by atoms with Gasteiger partial charge in [-0.05, 0) is 11.1 Å². The maximum Gasteiger partial charge on any atom is 0.182 e. The number of rotatable bonds is 5. The summed E-state index contributed by atoms with van der Waals surface area (Å²) in [5, 5.41) is 3.34. The van der Waals surface area contributed by atoms with E-state index < -0.39 is 0 Å². The predicted octanol–water partition coefficient (Wildman–Crippen LogP) is 1.80. The van der Waals surface area contributed by atoms with Crippen molar-refractivity contribution in [2.45, 2.75) is 13.1 Å². The number of anilines is 1. The van der Waals surface area contributed by atoms with Gasteiger partial charge in [0.05, 0.1) is 19.5 Å². The molecule has 0 bridgehead atoms. The van der Waals surface area contributed by atoms with Crippen LogP contribution in [0.5, 0.6) is 0 Å². The molecule has 124 valence electrons. The van der Waals surface area contributed by atoms with Gasteiger partial charge < -0.3 is 15.0 Å². The van der Waals surface area contributed by atoms with E-state index in [1.54, 1.807) is 6.33 Å². The van der Waals surface area contributed by atoms with E-state index in [0.29, 0.717) is 12.2 Å². The second-order valence-corrected chi connectivity index (χ2v) is 5.88. The number of H-pyrrole nitrogens is 1. The van der Waals surface area contributed by atoms with Crippen molar-refractivity contribution in [3.05, 3.63) is 48.0 Å². The van der Waals surface area contributed by atoms with Crippen molar-refractivity contribution < 1.29 is 4.74 Å². The molecule has 1 aromatic carbocycles. The number of hydrogen-bond donors (Lipinski definition) is 2. The van der Waals surface area contributed by atoms with Gasteiger partial charge in [0.15, 0.2) is 11.5 Å². The third-order valence-electron chi connectivity index (χ3n) is 4.22. The molecule has 1 fully saturated rings. The molecule has 0 unspecified atom stereocenters. The number of nitrogens with one attached hydrogen (secondary N) is 2. The van der Waals surface area contributed by atoms with Crippen LogP contribution in [0.15, 0.2) is 36.9 Å². The maximum absolute atomic E-state index is 5.39. The first-order valence-corrected chi connectivity index (χ1v) is 8.14. The van der Waals surface area contributed by atoms with Crippen LogP contribution in [0.1, 0.15) is 11.1 Å². The molecule has 3 heterocycles. The Bertz CT molecular complexity index is 794. The Morgan fingerprint density at radius 3 is 2.67 bits per heavy atom. The zero-order valence-corrected chi connectivity index (χ0v) is 13.4. The summed E-state index contributed by atoms with van der Waals surface area (Å²) < 4.78 is 5.39. The van der Waals surface area contributed by atoms with Gasteiger partial charge >= 0.3 is 0 Å². The Morgan fingerprint density at radius 1 is 1.04 bits per heavy atom. The molecule has 1 aliphatic rings. The van der Waals surface area contributed by atoms with Crippen molar-refractivity contribution >= 4 is 17.0 Å². The van der Waals surface area contributed by atoms with E-state index in [1.807, 2.05) is 0 Å². The Labute approximate surface area is 140 Å². The van der Waals surface area contributed by atoms with Gasteiger partial charge in [-0.25, -0.2) is 15.0 Å². The van der Waals surface area contributed by atoms with Gasteiger partial charge in [-0.15, -0.1) is 0 Å². The number of fused-ring (bicyclic) bond motifs is 1. The second-order valence-electron chi connectivity index (χ2n) is 5.88. The molecule has 2 aromatic heterocycles. The molecule has 4 rings (SSSR count). The lowest BCUT2D eigenvalue weighted by molar-refractivity contribution is 0.0342. The zero-order valence-electron chi connectivity index (χ0n) is 13.4. The molecule has 0 radical (unpaired) electrons. The fourth-order valence-electron chi connectivity index (χ4n) is 2.86. The fraction of sp³-hybridized carbons (Fsp3) is 0.353. The van der Waals surface area contributed by atoms with Crippen molar-refractivity contribution in [3.8, 4) is 0 Å². The van der Waals surface area contributed by atoms with Gasteiger partial charge in [-0.1, -0.05) is 24.3 Å². The van der Waals surface area contributed by atoms with Gasteiger partial charge in [0.2, 0.25) is 0 Å². The summed E-state index contributed by atoms with van der Waals surface area (Å²) >= 11 is 0. The van der Waals surface area contributed by atoms with E-state index in [0.717, 1.165) is 44.2 Å². The summed E-state index contributed by atoms with van der Waals surface area (Å²) in [6, 6.07) is 8.71. The van der Waals surface area contributed by atoms with Crippen LogP contribution in [0.25, 0.3) is 11.2 Å². The van der Waals surface area contributed by atoms with Crippen LogP contribution in [0, 0.1) is 0 Å². The largest absolute Gasteiger partial charge is 0.379 e. The number of benzene rings is 1. The number of aromatic amines is 1. The van der Waals surface area contributed by atoms with E-state index in [-0.39, 0.29) is 0 Å². The fourth-order valence-corrected chi connectivity index (χ4v) is 2.86. The lowest BCUT2D eigenvalue weighted by atomic mass is 10.1. The first kappa shape index (κ1) is 15.0. The summed E-state index contributed by atoms with van der Waals surface area (Å²) in [6.45, 7) is 5.39. The predicted molar refractivity (Wildman–Crippen MR) is 91.5 cm³/mol. The first-order valence-electron chi connectivity index (χ1n) is 8.14. The number of imidazole rings is 1. The number of hydrogen-bond acceptors (Lipinski definition) is 6. The van der Waals surface area contributed by atoms with E-state index in [9.17, 15) is 0 Å². The third-order valence-corrected chi connectivity index (χ3v) is 4.22. The first-order chi connectivity index (χ1) is 11.9. The Balaban J connectivity index is 1.37. The Kier molecular flexibility index (Phi) is 4.35. The number of morpholine rings is 1. The lowest BCUT2D eigenvalue weighted by Gasteiger charge is -2.26. The normalized spacial score (nSPS) is 15.7. The average Bonchev–Trinajstić information content (AvgIpc) is 3.11. The molecular weight excluding hydrogens is 304 g/mol. The van der Waals surface area contributed by atoms with Crippen LogP contribution in [0.2, 0.25) is 0 Å². The summed E-state index contributed by atoms with van der Waals surface area (Å²) in [4.78, 5) is 18.0. The molecule has 2 N–H and O–H groups in total. The summed E-state index contributed by atoms with van der Waals surface area (Å²) in [5.41, 5.74) is 4.06. The summed E-state index contributed by atoms with van der Waals surface area (Å²) in [5.74, 6) is 0.773. The van der Waals surface area contributed by atoms with Crippen LogP contribution in [0.4, 0.5) is 5.82 Å². The molecule has 0 saturated carbocycles. The van der Waals surface area contributed by atoms with E-state index in [4.69, 9.17) is 4.74 Å². The SMILES string of the molecule is c1nc(NCc2ccc(CN3CCOCC3)cc2)c2[nH]cnc2n1. The average molecular weight is 324 g/mol. The van der Waals surface area contributed by atoms with Crippen molar-refractivity contribution in [1.29, 1.82) is 0 Å². The molecular formula is C17H20N6O. The highest BCUT2D eigenvalue weighted by Crippen LogP contribution is 2.16. The molecule has 7 nitrogen and oxygen atoms in total. The number of aromatic nitrogens is 4. The number of nitrogens with zero attached hydrogens (tertiary/aromatic N) is 4. The van der Waals surface area contributed by atoms with Gasteiger partial charge in [0.25, 0.3) is 0 Å². The summed E-state index contributed by atoms with van der Waals surface area (Å²) in [7, 11) is 0. The monoisotopic (exact) mass is 324 g/mol. The van der Waals surface area contributed by atoms with Crippen molar-refractivity contribution in [1.82, 2.24) is 24.8 Å². The van der Waals surface area contributed by atoms with Crippen molar-refractivity contribution in [3.63, 3.8) is 0 Å². The smallest absolute Gasteiger partial charge is 0.182 e. The summed E-state index contributed by atoms with van der Waals surface area (Å²) in [6.07, 6.45) is 3.15. The van der Waals surface area contributed by atoms with Crippen LogP contribution in [-0.2, 0) is 17.8 Å². The van der Waals surface area contributed by atoms with Crippen molar-refractivity contribution in [2.24, 2.45) is 0 Å². The molecule has 0 amide bonds. The maximum atomic E-state index is 5.39. The molecule has 24 heavy (non-hydrogen) atoms. The van der Waals surface area contributed by atoms with Gasteiger partial charge in [0.1, 0.15) is 11.8 Å². The van der Waals surface area contributed by atoms with E-state index in [2.05, 4.69) is 54.4 Å². The van der Waals surface area contributed by atoms with Crippen LogP contribution in [-0.4, -0.2) is 51.1 Å². The standard InChI is InChI=1S/C17H20N6O/c1-3-14(10-23-5-7-24-8-6-23)4-2-13(1)9-18-16-15-17(20-11-19-15)22-12-21-16/h1-4,11-12H,5-10H2,(H2,18,19,20,21,22). The molecule has 7 heteroatoms. The molecule has 1 saturated heterocycles. The minimum Gasteiger partial charge on any atom is -0.379 e. The Hall–Kier alpha value is -2.51. The third kappa shape index (κ3) is 3.37. The molecule has 0 atom stereocenters. The zero-order chi connectivity index (χ0) is 16.2.